The van der Waals surface area contributed by atoms with Crippen molar-refractivity contribution < 1.29 is 9.47 Å². The molecule has 1 rings (SSSR count). The van der Waals surface area contributed by atoms with Crippen molar-refractivity contribution in [2.45, 2.75) is 0 Å². The highest BCUT2D eigenvalue weighted by atomic mass is 127. The van der Waals surface area contributed by atoms with Gasteiger partial charge < -0.3 is 24.6 Å². The molecule has 0 unspecified atom stereocenters. The number of aliphatic imine (C=N–C) groups is 1. The van der Waals surface area contributed by atoms with Gasteiger partial charge in [-0.1, -0.05) is 18.2 Å². The number of likely N-dealkylation sites (N-methyl/N-ethyl adjacent to an activating group) is 2. The van der Waals surface area contributed by atoms with E-state index in [2.05, 4.69) is 27.2 Å². The van der Waals surface area contributed by atoms with Crippen LogP contribution >= 0.6 is 24.0 Å². The maximum atomic E-state index is 5.71. The van der Waals surface area contributed by atoms with Crippen LogP contribution in [0.1, 0.15) is 0 Å². The Balaban J connectivity index is 0.00000529. The van der Waals surface area contributed by atoms with Gasteiger partial charge in [-0.05, 0) is 19.2 Å². The van der Waals surface area contributed by atoms with Crippen LogP contribution in [0.4, 0.5) is 0 Å². The summed E-state index contributed by atoms with van der Waals surface area (Å²) in [4.78, 5) is 8.60. The van der Waals surface area contributed by atoms with E-state index in [0.29, 0.717) is 6.61 Å². The van der Waals surface area contributed by atoms with Crippen LogP contribution in [-0.2, 0) is 4.74 Å². The SMILES string of the molecule is CN=C(NCCN(C)CCOC)N(C)CCOc1ccccc1.I. The third kappa shape index (κ3) is 9.94. The lowest BCUT2D eigenvalue weighted by molar-refractivity contribution is 0.162. The maximum absolute atomic E-state index is 5.71. The molecule has 0 aliphatic rings. The van der Waals surface area contributed by atoms with Gasteiger partial charge in [0.2, 0.25) is 0 Å². The van der Waals surface area contributed by atoms with E-state index in [0.717, 1.165) is 44.5 Å². The van der Waals surface area contributed by atoms with Gasteiger partial charge >= 0.3 is 0 Å². The number of hydrogen-bond donors (Lipinski definition) is 1. The number of halogens is 1. The molecular formula is C17H31IN4O2. The Morgan fingerprint density at radius 3 is 2.42 bits per heavy atom. The van der Waals surface area contributed by atoms with Gasteiger partial charge in [-0.25, -0.2) is 0 Å². The second kappa shape index (κ2) is 14.3. The number of nitrogens with one attached hydrogen (secondary N) is 1. The fourth-order valence-electron chi connectivity index (χ4n) is 2.03. The van der Waals surface area contributed by atoms with E-state index >= 15 is 0 Å². The first-order valence-electron chi connectivity index (χ1n) is 7.94. The zero-order chi connectivity index (χ0) is 16.9. The molecule has 0 aliphatic carbocycles. The third-order valence-electron chi connectivity index (χ3n) is 3.47. The third-order valence-corrected chi connectivity index (χ3v) is 3.47. The van der Waals surface area contributed by atoms with Crippen molar-refractivity contribution in [3.63, 3.8) is 0 Å². The molecule has 1 aromatic rings. The van der Waals surface area contributed by atoms with Gasteiger partial charge in [-0.3, -0.25) is 4.99 Å². The number of methoxy groups -OCH3 is 1. The Hall–Kier alpha value is -1.06. The molecule has 6 nitrogen and oxygen atoms in total. The highest BCUT2D eigenvalue weighted by molar-refractivity contribution is 14.0. The van der Waals surface area contributed by atoms with E-state index in [-0.39, 0.29) is 24.0 Å². The Morgan fingerprint density at radius 1 is 1.08 bits per heavy atom. The summed E-state index contributed by atoms with van der Waals surface area (Å²) < 4.78 is 10.8. The molecule has 1 N–H and O–H groups in total. The molecule has 0 amide bonds. The number of nitrogens with zero attached hydrogens (tertiary/aromatic N) is 3. The van der Waals surface area contributed by atoms with E-state index in [1.165, 1.54) is 0 Å². The fourth-order valence-corrected chi connectivity index (χ4v) is 2.03. The van der Waals surface area contributed by atoms with Crippen LogP contribution in [0, 0.1) is 0 Å². The minimum absolute atomic E-state index is 0. The zero-order valence-corrected chi connectivity index (χ0v) is 17.5. The van der Waals surface area contributed by atoms with Crippen molar-refractivity contribution in [3.8, 4) is 5.75 Å². The Bertz CT molecular complexity index is 445. The number of hydrogen-bond acceptors (Lipinski definition) is 4. The van der Waals surface area contributed by atoms with Gasteiger partial charge in [0.05, 0.1) is 13.2 Å². The molecule has 0 aliphatic heterocycles. The molecule has 0 radical (unpaired) electrons. The molecule has 7 heteroatoms. The minimum atomic E-state index is 0. The van der Waals surface area contributed by atoms with Gasteiger partial charge in [0.1, 0.15) is 12.4 Å². The van der Waals surface area contributed by atoms with Crippen LogP contribution in [0.2, 0.25) is 0 Å². The quantitative estimate of drug-likeness (QED) is 0.335. The molecule has 0 bridgehead atoms. The summed E-state index contributed by atoms with van der Waals surface area (Å²) in [6, 6.07) is 9.85. The summed E-state index contributed by atoms with van der Waals surface area (Å²) in [6.07, 6.45) is 0. The summed E-state index contributed by atoms with van der Waals surface area (Å²) in [5.41, 5.74) is 0. The second-order valence-electron chi connectivity index (χ2n) is 5.35. The van der Waals surface area contributed by atoms with Gasteiger partial charge in [-0.2, -0.15) is 0 Å². The van der Waals surface area contributed by atoms with Gasteiger partial charge in [0, 0.05) is 40.8 Å². The molecule has 1 aromatic carbocycles. The number of ether oxygens (including phenoxy) is 2. The monoisotopic (exact) mass is 450 g/mol. The molecule has 0 atom stereocenters. The van der Waals surface area contributed by atoms with Crippen LogP contribution in [0.15, 0.2) is 35.3 Å². The minimum Gasteiger partial charge on any atom is -0.492 e. The molecule has 0 aromatic heterocycles. The molecule has 138 valence electrons. The lowest BCUT2D eigenvalue weighted by Crippen LogP contribution is -2.43. The van der Waals surface area contributed by atoms with Crippen molar-refractivity contribution in [2.24, 2.45) is 4.99 Å². The van der Waals surface area contributed by atoms with Crippen molar-refractivity contribution in [1.82, 2.24) is 15.1 Å². The van der Waals surface area contributed by atoms with Gasteiger partial charge in [0.15, 0.2) is 5.96 Å². The standard InChI is InChI=1S/C17H30N4O2.HI/c1-18-17(19-10-11-20(2)12-14-22-4)21(3)13-15-23-16-8-6-5-7-9-16;/h5-9H,10-15H2,1-4H3,(H,18,19);1H. The number of benzene rings is 1. The Kier molecular flexibility index (Phi) is 13.7. The predicted octanol–water partition coefficient (Wildman–Crippen LogP) is 1.77. The first kappa shape index (κ1) is 22.9. The lowest BCUT2D eigenvalue weighted by Gasteiger charge is -2.23. The average Bonchev–Trinajstić information content (AvgIpc) is 2.57. The highest BCUT2D eigenvalue weighted by Gasteiger charge is 2.06. The smallest absolute Gasteiger partial charge is 0.193 e. The van der Waals surface area contributed by atoms with Gasteiger partial charge in [-0.15, -0.1) is 24.0 Å². The summed E-state index contributed by atoms with van der Waals surface area (Å²) in [6.45, 7) is 4.86. The highest BCUT2D eigenvalue weighted by Crippen LogP contribution is 2.07. The number of para-hydroxylation sites is 1. The average molecular weight is 450 g/mol. The van der Waals surface area contributed by atoms with Crippen LogP contribution < -0.4 is 10.1 Å². The van der Waals surface area contributed by atoms with Crippen molar-refractivity contribution in [2.75, 3.05) is 67.6 Å². The fraction of sp³-hybridized carbons (Fsp3) is 0.588. The van der Waals surface area contributed by atoms with Crippen LogP contribution in [-0.4, -0.2) is 83.4 Å². The molecular weight excluding hydrogens is 419 g/mol. The second-order valence-corrected chi connectivity index (χ2v) is 5.35. The van der Waals surface area contributed by atoms with Gasteiger partial charge in [0.25, 0.3) is 0 Å². The first-order chi connectivity index (χ1) is 11.2. The van der Waals surface area contributed by atoms with Crippen molar-refractivity contribution in [1.29, 1.82) is 0 Å². The van der Waals surface area contributed by atoms with E-state index in [1.54, 1.807) is 14.2 Å². The van der Waals surface area contributed by atoms with E-state index in [9.17, 15) is 0 Å². The summed E-state index contributed by atoms with van der Waals surface area (Å²) in [5.74, 6) is 1.77. The van der Waals surface area contributed by atoms with E-state index in [1.807, 2.05) is 37.4 Å². The lowest BCUT2D eigenvalue weighted by atomic mass is 10.3. The molecule has 0 spiro atoms. The topological polar surface area (TPSA) is 49.3 Å². The first-order valence-corrected chi connectivity index (χ1v) is 7.94. The summed E-state index contributed by atoms with van der Waals surface area (Å²) in [5, 5.41) is 3.36. The Morgan fingerprint density at radius 2 is 1.79 bits per heavy atom. The van der Waals surface area contributed by atoms with Crippen molar-refractivity contribution >= 4 is 29.9 Å². The van der Waals surface area contributed by atoms with E-state index in [4.69, 9.17) is 9.47 Å². The van der Waals surface area contributed by atoms with Crippen LogP contribution in [0.3, 0.4) is 0 Å². The zero-order valence-electron chi connectivity index (χ0n) is 15.2. The number of guanidine groups is 1. The summed E-state index contributed by atoms with van der Waals surface area (Å²) in [7, 11) is 7.62. The molecule has 0 saturated carbocycles. The Labute approximate surface area is 163 Å². The molecule has 24 heavy (non-hydrogen) atoms. The van der Waals surface area contributed by atoms with Crippen molar-refractivity contribution in [3.05, 3.63) is 30.3 Å². The number of rotatable bonds is 10. The van der Waals surface area contributed by atoms with E-state index < -0.39 is 0 Å². The maximum Gasteiger partial charge on any atom is 0.193 e. The molecule has 0 saturated heterocycles. The molecule has 0 fully saturated rings. The summed E-state index contributed by atoms with van der Waals surface area (Å²) >= 11 is 0. The van der Waals surface area contributed by atoms with Crippen LogP contribution in [0.5, 0.6) is 5.75 Å². The van der Waals surface area contributed by atoms with Crippen LogP contribution in [0.25, 0.3) is 0 Å². The largest absolute Gasteiger partial charge is 0.492 e. The normalized spacial score (nSPS) is 11.1. The molecule has 0 heterocycles. The predicted molar refractivity (Wildman–Crippen MR) is 111 cm³/mol.